The number of benzene rings is 2. The van der Waals surface area contributed by atoms with E-state index in [9.17, 15) is 22.8 Å². The van der Waals surface area contributed by atoms with E-state index >= 15 is 0 Å². The van der Waals surface area contributed by atoms with Crippen LogP contribution in [0.25, 0.3) is 15.9 Å². The molecule has 0 atom stereocenters. The molecule has 2 aromatic heterocycles. The zero-order valence-corrected chi connectivity index (χ0v) is 15.5. The van der Waals surface area contributed by atoms with Crippen LogP contribution in [-0.2, 0) is 6.54 Å². The van der Waals surface area contributed by atoms with E-state index in [2.05, 4.69) is 0 Å². The fraction of sp³-hybridized carbons (Fsp3) is 0.0526. The molecule has 0 N–H and O–H groups in total. The van der Waals surface area contributed by atoms with E-state index in [0.29, 0.717) is 15.6 Å². The van der Waals surface area contributed by atoms with Gasteiger partial charge in [0.1, 0.15) is 22.2 Å². The maximum atomic E-state index is 14.3. The molecule has 0 aliphatic heterocycles. The molecule has 0 saturated heterocycles. The molecule has 0 aliphatic rings. The van der Waals surface area contributed by atoms with Gasteiger partial charge in [-0.1, -0.05) is 17.7 Å². The number of rotatable bonds is 3. The smallest absolute Gasteiger partial charge is 0.288 e. The molecule has 0 fully saturated rings. The van der Waals surface area contributed by atoms with Crippen LogP contribution < -0.4 is 11.2 Å². The summed E-state index contributed by atoms with van der Waals surface area (Å²) in [6.07, 6.45) is 0. The van der Waals surface area contributed by atoms with Gasteiger partial charge >= 0.3 is 5.69 Å². The van der Waals surface area contributed by atoms with Crippen molar-refractivity contribution in [1.29, 1.82) is 0 Å². The van der Waals surface area contributed by atoms with Crippen LogP contribution in [0.15, 0.2) is 57.4 Å². The van der Waals surface area contributed by atoms with Crippen molar-refractivity contribution in [3.63, 3.8) is 0 Å². The fourth-order valence-corrected chi connectivity index (χ4v) is 3.98. The Kier molecular flexibility index (Phi) is 4.60. The van der Waals surface area contributed by atoms with Crippen LogP contribution in [0, 0.1) is 17.5 Å². The Morgan fingerprint density at radius 3 is 2.43 bits per heavy atom. The van der Waals surface area contributed by atoms with Gasteiger partial charge in [0.25, 0.3) is 5.56 Å². The molecule has 142 valence electrons. The van der Waals surface area contributed by atoms with E-state index in [1.165, 1.54) is 16.7 Å². The molecule has 0 amide bonds. The number of halogens is 4. The normalized spacial score (nSPS) is 11.3. The Morgan fingerprint density at radius 1 is 0.964 bits per heavy atom. The van der Waals surface area contributed by atoms with Crippen molar-refractivity contribution in [2.75, 3.05) is 0 Å². The molecule has 0 unspecified atom stereocenters. The van der Waals surface area contributed by atoms with Gasteiger partial charge < -0.3 is 0 Å². The molecule has 0 aliphatic carbocycles. The highest BCUT2D eigenvalue weighted by Gasteiger charge is 2.19. The minimum absolute atomic E-state index is 0.0810. The minimum Gasteiger partial charge on any atom is -0.288 e. The van der Waals surface area contributed by atoms with Crippen molar-refractivity contribution >= 4 is 33.2 Å². The molecular weight excluding hydrogens is 413 g/mol. The quantitative estimate of drug-likeness (QED) is 0.493. The lowest BCUT2D eigenvalue weighted by Gasteiger charge is -2.13. The number of hydrogen-bond donors (Lipinski definition) is 0. The predicted molar refractivity (Wildman–Crippen MR) is 102 cm³/mol. The van der Waals surface area contributed by atoms with E-state index in [1.807, 2.05) is 0 Å². The van der Waals surface area contributed by atoms with Crippen LogP contribution in [0.4, 0.5) is 13.2 Å². The van der Waals surface area contributed by atoms with Crippen LogP contribution in [0.2, 0.25) is 5.02 Å². The zero-order valence-electron chi connectivity index (χ0n) is 14.0. The lowest BCUT2D eigenvalue weighted by Crippen LogP contribution is -2.39. The first-order valence-electron chi connectivity index (χ1n) is 7.99. The van der Waals surface area contributed by atoms with Gasteiger partial charge in [0, 0.05) is 11.1 Å². The van der Waals surface area contributed by atoms with Gasteiger partial charge in [-0.15, -0.1) is 11.3 Å². The number of aromatic nitrogens is 2. The lowest BCUT2D eigenvalue weighted by atomic mass is 10.2. The molecule has 4 nitrogen and oxygen atoms in total. The van der Waals surface area contributed by atoms with Crippen LogP contribution in [0.3, 0.4) is 0 Å². The summed E-state index contributed by atoms with van der Waals surface area (Å²) in [6.45, 7) is -0.0810. The third kappa shape index (κ3) is 3.04. The first-order valence-corrected chi connectivity index (χ1v) is 9.25. The van der Waals surface area contributed by atoms with Crippen LogP contribution in [0.5, 0.6) is 0 Å². The summed E-state index contributed by atoms with van der Waals surface area (Å²) in [5.74, 6) is -2.24. The first-order chi connectivity index (χ1) is 13.4. The van der Waals surface area contributed by atoms with Crippen molar-refractivity contribution in [2.24, 2.45) is 0 Å². The highest BCUT2D eigenvalue weighted by atomic mass is 35.5. The average molecular weight is 423 g/mol. The monoisotopic (exact) mass is 422 g/mol. The van der Waals surface area contributed by atoms with E-state index in [1.54, 1.807) is 11.4 Å². The molecule has 28 heavy (non-hydrogen) atoms. The van der Waals surface area contributed by atoms with E-state index in [0.717, 1.165) is 35.6 Å². The zero-order chi connectivity index (χ0) is 20.0. The van der Waals surface area contributed by atoms with Gasteiger partial charge in [-0.05, 0) is 41.3 Å². The average Bonchev–Trinajstić information content (AvgIpc) is 3.13. The number of fused-ring (bicyclic) bond motifs is 1. The predicted octanol–water partition coefficient (Wildman–Crippen LogP) is 4.33. The number of thiophene rings is 1. The minimum atomic E-state index is -0.914. The van der Waals surface area contributed by atoms with Crippen molar-refractivity contribution in [3.05, 3.63) is 96.7 Å². The van der Waals surface area contributed by atoms with Gasteiger partial charge in [0.15, 0.2) is 0 Å². The molecule has 9 heteroatoms. The summed E-state index contributed by atoms with van der Waals surface area (Å²) >= 11 is 7.13. The van der Waals surface area contributed by atoms with Gasteiger partial charge in [-0.2, -0.15) is 0 Å². The number of hydrogen-bond acceptors (Lipinski definition) is 3. The highest BCUT2D eigenvalue weighted by Crippen LogP contribution is 2.22. The Balaban J connectivity index is 2.02. The highest BCUT2D eigenvalue weighted by molar-refractivity contribution is 7.17. The Hall–Kier alpha value is -2.84. The Morgan fingerprint density at radius 2 is 1.68 bits per heavy atom. The standard InChI is InChI=1S/C19H10ClF3N2O2S/c20-13-7-11(21)2-1-10(13)9-24-15-5-6-28-17(15)18(26)25(19(24)27)16-8-12(22)3-4-14(16)23/h1-8H,9H2. The van der Waals surface area contributed by atoms with Crippen molar-refractivity contribution in [1.82, 2.24) is 9.13 Å². The Bertz CT molecular complexity index is 1340. The van der Waals surface area contributed by atoms with Gasteiger partial charge in [-0.25, -0.2) is 22.5 Å². The summed E-state index contributed by atoms with van der Waals surface area (Å²) in [6, 6.07) is 7.81. The molecule has 0 spiro atoms. The fourth-order valence-electron chi connectivity index (χ4n) is 2.93. The summed E-state index contributed by atoms with van der Waals surface area (Å²) < 4.78 is 43.2. The Labute approximate surface area is 164 Å². The maximum absolute atomic E-state index is 14.3. The second-order valence-electron chi connectivity index (χ2n) is 5.98. The van der Waals surface area contributed by atoms with Gasteiger partial charge in [-0.3, -0.25) is 9.36 Å². The summed E-state index contributed by atoms with van der Waals surface area (Å²) in [7, 11) is 0. The molecule has 4 aromatic rings. The maximum Gasteiger partial charge on any atom is 0.336 e. The van der Waals surface area contributed by atoms with Crippen LogP contribution >= 0.6 is 22.9 Å². The van der Waals surface area contributed by atoms with E-state index < -0.39 is 34.4 Å². The lowest BCUT2D eigenvalue weighted by molar-refractivity contribution is 0.584. The second kappa shape index (κ2) is 6.96. The SMILES string of the molecule is O=c1c2sccc2n(Cc2ccc(F)cc2Cl)c(=O)n1-c1cc(F)ccc1F. The third-order valence-electron chi connectivity index (χ3n) is 4.25. The topological polar surface area (TPSA) is 44.0 Å². The molecular formula is C19H10ClF3N2O2S. The molecule has 0 bridgehead atoms. The molecule has 0 radical (unpaired) electrons. The third-order valence-corrected chi connectivity index (χ3v) is 5.49. The van der Waals surface area contributed by atoms with Gasteiger partial charge in [0.05, 0.1) is 17.7 Å². The molecule has 2 heterocycles. The number of nitrogens with zero attached hydrogens (tertiary/aromatic N) is 2. The first kappa shape index (κ1) is 18.5. The van der Waals surface area contributed by atoms with E-state index in [-0.39, 0.29) is 16.3 Å². The van der Waals surface area contributed by atoms with Crippen molar-refractivity contribution < 1.29 is 13.2 Å². The second-order valence-corrected chi connectivity index (χ2v) is 7.30. The molecule has 4 rings (SSSR count). The van der Waals surface area contributed by atoms with Crippen molar-refractivity contribution in [3.8, 4) is 5.69 Å². The van der Waals surface area contributed by atoms with Crippen LogP contribution in [-0.4, -0.2) is 9.13 Å². The summed E-state index contributed by atoms with van der Waals surface area (Å²) in [4.78, 5) is 25.9. The van der Waals surface area contributed by atoms with Gasteiger partial charge in [0.2, 0.25) is 0 Å². The molecule has 2 aromatic carbocycles. The molecule has 0 saturated carbocycles. The summed E-state index contributed by atoms with van der Waals surface area (Å²) in [5.41, 5.74) is -1.33. The van der Waals surface area contributed by atoms with E-state index in [4.69, 9.17) is 11.6 Å². The largest absolute Gasteiger partial charge is 0.336 e. The van der Waals surface area contributed by atoms with Crippen molar-refractivity contribution in [2.45, 2.75) is 6.54 Å². The van der Waals surface area contributed by atoms with Crippen LogP contribution in [0.1, 0.15) is 5.56 Å². The summed E-state index contributed by atoms with van der Waals surface area (Å²) in [5, 5.41) is 1.71.